The first kappa shape index (κ1) is 14.1. The van der Waals surface area contributed by atoms with E-state index in [4.69, 9.17) is 0 Å². The van der Waals surface area contributed by atoms with Crippen LogP contribution in [0, 0.1) is 5.82 Å². The van der Waals surface area contributed by atoms with Crippen molar-refractivity contribution in [2.45, 2.75) is 25.8 Å². The number of hydrogen-bond donors (Lipinski definition) is 0. The quantitative estimate of drug-likeness (QED) is 0.746. The Balaban J connectivity index is 1.71. The third-order valence-corrected chi connectivity index (χ3v) is 4.34. The SMILES string of the molecule is Fc1ccccc1Cn1cnc2c(N3CCCCC3)ncnc21. The maximum absolute atomic E-state index is 13.9. The van der Waals surface area contributed by atoms with Gasteiger partial charge in [0.05, 0.1) is 12.9 Å². The van der Waals surface area contributed by atoms with Gasteiger partial charge in [0, 0.05) is 18.7 Å². The summed E-state index contributed by atoms with van der Waals surface area (Å²) in [5.74, 6) is 0.682. The first-order valence-corrected chi connectivity index (χ1v) is 7.97. The van der Waals surface area contributed by atoms with Crippen molar-refractivity contribution >= 4 is 17.0 Å². The number of piperidine rings is 1. The Labute approximate surface area is 133 Å². The highest BCUT2D eigenvalue weighted by Crippen LogP contribution is 2.25. The van der Waals surface area contributed by atoms with Gasteiger partial charge in [-0.1, -0.05) is 18.2 Å². The molecule has 0 atom stereocenters. The summed E-state index contributed by atoms with van der Waals surface area (Å²) in [7, 11) is 0. The second-order valence-corrected chi connectivity index (χ2v) is 5.88. The molecule has 0 N–H and O–H groups in total. The van der Waals surface area contributed by atoms with Crippen LogP contribution in [0.2, 0.25) is 0 Å². The van der Waals surface area contributed by atoms with Gasteiger partial charge in [0.2, 0.25) is 0 Å². The van der Waals surface area contributed by atoms with Crippen molar-refractivity contribution < 1.29 is 4.39 Å². The Kier molecular flexibility index (Phi) is 3.65. The van der Waals surface area contributed by atoms with Gasteiger partial charge >= 0.3 is 0 Å². The highest BCUT2D eigenvalue weighted by atomic mass is 19.1. The Bertz CT molecular complexity index is 823. The number of hydrogen-bond acceptors (Lipinski definition) is 4. The molecule has 2 aromatic heterocycles. The van der Waals surface area contributed by atoms with E-state index in [2.05, 4.69) is 19.9 Å². The minimum absolute atomic E-state index is 0.209. The molecule has 118 valence electrons. The second kappa shape index (κ2) is 5.95. The van der Waals surface area contributed by atoms with E-state index in [9.17, 15) is 4.39 Å². The Morgan fingerprint density at radius 2 is 1.83 bits per heavy atom. The molecular formula is C17H18FN5. The molecule has 0 spiro atoms. The van der Waals surface area contributed by atoms with Crippen LogP contribution in [-0.2, 0) is 6.54 Å². The normalized spacial score (nSPS) is 15.3. The standard InChI is InChI=1S/C17H18FN5/c18-14-7-3-2-6-13(14)10-23-12-21-15-16(19-11-20-17(15)23)22-8-4-1-5-9-22/h2-3,6-7,11-12H,1,4-5,8-10H2. The maximum atomic E-state index is 13.9. The average molecular weight is 311 g/mol. The summed E-state index contributed by atoms with van der Waals surface area (Å²) in [6, 6.07) is 6.80. The van der Waals surface area contributed by atoms with E-state index in [0.717, 1.165) is 30.1 Å². The Morgan fingerprint density at radius 1 is 1.00 bits per heavy atom. The van der Waals surface area contributed by atoms with Crippen LogP contribution in [0.3, 0.4) is 0 Å². The summed E-state index contributed by atoms with van der Waals surface area (Å²) in [5.41, 5.74) is 2.18. The maximum Gasteiger partial charge on any atom is 0.165 e. The number of rotatable bonds is 3. The molecule has 0 saturated carbocycles. The molecule has 3 heterocycles. The topological polar surface area (TPSA) is 46.8 Å². The highest BCUT2D eigenvalue weighted by Gasteiger charge is 2.18. The fourth-order valence-electron chi connectivity index (χ4n) is 3.13. The lowest BCUT2D eigenvalue weighted by molar-refractivity contribution is 0.574. The molecule has 6 heteroatoms. The van der Waals surface area contributed by atoms with Crippen LogP contribution in [0.5, 0.6) is 0 Å². The number of aromatic nitrogens is 4. The zero-order valence-electron chi connectivity index (χ0n) is 12.8. The molecule has 1 aliphatic heterocycles. The summed E-state index contributed by atoms with van der Waals surface area (Å²) in [4.78, 5) is 15.6. The largest absolute Gasteiger partial charge is 0.355 e. The van der Waals surface area contributed by atoms with Crippen molar-refractivity contribution in [1.29, 1.82) is 0 Å². The number of halogens is 1. The van der Waals surface area contributed by atoms with Gasteiger partial charge in [-0.25, -0.2) is 19.3 Å². The number of benzene rings is 1. The van der Waals surface area contributed by atoms with Crippen molar-refractivity contribution in [2.75, 3.05) is 18.0 Å². The number of fused-ring (bicyclic) bond motifs is 1. The smallest absolute Gasteiger partial charge is 0.165 e. The molecule has 1 aliphatic rings. The van der Waals surface area contributed by atoms with Gasteiger partial charge in [0.1, 0.15) is 12.1 Å². The molecule has 1 aromatic carbocycles. The number of anilines is 1. The van der Waals surface area contributed by atoms with Gasteiger partial charge in [-0.05, 0) is 25.3 Å². The third-order valence-electron chi connectivity index (χ3n) is 4.34. The Hall–Kier alpha value is -2.50. The van der Waals surface area contributed by atoms with E-state index in [1.54, 1.807) is 24.8 Å². The van der Waals surface area contributed by atoms with Crippen molar-refractivity contribution in [3.63, 3.8) is 0 Å². The van der Waals surface area contributed by atoms with E-state index < -0.39 is 0 Å². The third kappa shape index (κ3) is 2.65. The van der Waals surface area contributed by atoms with Gasteiger partial charge in [-0.15, -0.1) is 0 Å². The van der Waals surface area contributed by atoms with E-state index in [-0.39, 0.29) is 5.82 Å². The number of nitrogens with zero attached hydrogens (tertiary/aromatic N) is 5. The predicted molar refractivity (Wildman–Crippen MR) is 86.9 cm³/mol. The first-order chi connectivity index (χ1) is 11.3. The summed E-state index contributed by atoms with van der Waals surface area (Å²) >= 11 is 0. The fourth-order valence-corrected chi connectivity index (χ4v) is 3.13. The molecule has 4 rings (SSSR count). The lowest BCUT2D eigenvalue weighted by Gasteiger charge is -2.27. The first-order valence-electron chi connectivity index (χ1n) is 7.97. The van der Waals surface area contributed by atoms with Crippen molar-refractivity contribution in [3.05, 3.63) is 48.3 Å². The van der Waals surface area contributed by atoms with Gasteiger partial charge in [0.15, 0.2) is 17.0 Å². The molecule has 23 heavy (non-hydrogen) atoms. The van der Waals surface area contributed by atoms with E-state index in [1.807, 2.05) is 10.6 Å². The number of imidazole rings is 1. The van der Waals surface area contributed by atoms with Crippen LogP contribution in [-0.4, -0.2) is 32.6 Å². The molecule has 0 radical (unpaired) electrons. The minimum Gasteiger partial charge on any atom is -0.355 e. The van der Waals surface area contributed by atoms with Crippen LogP contribution >= 0.6 is 0 Å². The molecule has 0 amide bonds. The molecule has 3 aromatic rings. The lowest BCUT2D eigenvalue weighted by Crippen LogP contribution is -2.30. The highest BCUT2D eigenvalue weighted by molar-refractivity contribution is 5.83. The zero-order valence-corrected chi connectivity index (χ0v) is 12.8. The van der Waals surface area contributed by atoms with Crippen molar-refractivity contribution in [1.82, 2.24) is 19.5 Å². The zero-order chi connectivity index (χ0) is 15.6. The summed E-state index contributed by atoms with van der Waals surface area (Å²) in [6.07, 6.45) is 6.93. The van der Waals surface area contributed by atoms with Gasteiger partial charge < -0.3 is 9.47 Å². The van der Waals surface area contributed by atoms with Crippen LogP contribution in [0.4, 0.5) is 10.2 Å². The van der Waals surface area contributed by atoms with Gasteiger partial charge in [0.25, 0.3) is 0 Å². The summed E-state index contributed by atoms with van der Waals surface area (Å²) in [5, 5.41) is 0. The lowest BCUT2D eigenvalue weighted by atomic mass is 10.1. The fraction of sp³-hybridized carbons (Fsp3) is 0.353. The molecule has 0 aliphatic carbocycles. The minimum atomic E-state index is -0.209. The molecule has 1 saturated heterocycles. The molecule has 5 nitrogen and oxygen atoms in total. The van der Waals surface area contributed by atoms with Crippen LogP contribution < -0.4 is 4.90 Å². The van der Waals surface area contributed by atoms with Gasteiger partial charge in [-0.2, -0.15) is 0 Å². The van der Waals surface area contributed by atoms with Crippen LogP contribution in [0.25, 0.3) is 11.2 Å². The average Bonchev–Trinajstić information content (AvgIpc) is 3.01. The second-order valence-electron chi connectivity index (χ2n) is 5.88. The van der Waals surface area contributed by atoms with Crippen molar-refractivity contribution in [3.8, 4) is 0 Å². The molecule has 1 fully saturated rings. The molecular weight excluding hydrogens is 293 g/mol. The molecule has 0 bridgehead atoms. The molecule has 0 unspecified atom stereocenters. The summed E-state index contributed by atoms with van der Waals surface area (Å²) in [6.45, 7) is 2.43. The van der Waals surface area contributed by atoms with E-state index >= 15 is 0 Å². The summed E-state index contributed by atoms with van der Waals surface area (Å²) < 4.78 is 15.8. The van der Waals surface area contributed by atoms with E-state index in [0.29, 0.717) is 12.1 Å². The van der Waals surface area contributed by atoms with Crippen LogP contribution in [0.1, 0.15) is 24.8 Å². The monoisotopic (exact) mass is 311 g/mol. The van der Waals surface area contributed by atoms with E-state index in [1.165, 1.54) is 25.3 Å². The Morgan fingerprint density at radius 3 is 2.65 bits per heavy atom. The predicted octanol–water partition coefficient (Wildman–Crippen LogP) is 3.00. The van der Waals surface area contributed by atoms with Crippen LogP contribution in [0.15, 0.2) is 36.9 Å². The van der Waals surface area contributed by atoms with Gasteiger partial charge in [-0.3, -0.25) is 0 Å². The van der Waals surface area contributed by atoms with Crippen molar-refractivity contribution in [2.24, 2.45) is 0 Å².